The summed E-state index contributed by atoms with van der Waals surface area (Å²) in [7, 11) is 0. The summed E-state index contributed by atoms with van der Waals surface area (Å²) in [4.78, 5) is 2.40. The van der Waals surface area contributed by atoms with Crippen LogP contribution in [0.3, 0.4) is 0 Å². The summed E-state index contributed by atoms with van der Waals surface area (Å²) in [6, 6.07) is 0. The minimum atomic E-state index is -0.339. The molecule has 1 aliphatic rings. The molecule has 2 unspecified atom stereocenters. The lowest BCUT2D eigenvalue weighted by molar-refractivity contribution is 0.00838. The number of likely N-dealkylation sites (tertiary alicyclic amines) is 1. The number of ether oxygens (including phenoxy) is 1. The predicted octanol–water partition coefficient (Wildman–Crippen LogP) is 1.88. The predicted molar refractivity (Wildman–Crippen MR) is 84.1 cm³/mol. The van der Waals surface area contributed by atoms with Gasteiger partial charge in [-0.3, -0.25) is 0 Å². The minimum absolute atomic E-state index is 0.339. The second kappa shape index (κ2) is 11.5. The Labute approximate surface area is 124 Å². The van der Waals surface area contributed by atoms with Crippen LogP contribution in [0.1, 0.15) is 46.0 Å². The van der Waals surface area contributed by atoms with Crippen LogP contribution in [-0.2, 0) is 4.74 Å². The summed E-state index contributed by atoms with van der Waals surface area (Å²) < 4.78 is 5.49. The van der Waals surface area contributed by atoms with Gasteiger partial charge in [-0.1, -0.05) is 20.3 Å². The fourth-order valence-electron chi connectivity index (χ4n) is 2.78. The Morgan fingerprint density at radius 2 is 2.20 bits per heavy atom. The first-order valence-electron chi connectivity index (χ1n) is 8.45. The van der Waals surface area contributed by atoms with E-state index in [0.717, 1.165) is 58.1 Å². The number of piperidine rings is 1. The zero-order chi connectivity index (χ0) is 14.6. The molecular formula is C16H34N2O2. The third-order valence-electron chi connectivity index (χ3n) is 3.88. The summed E-state index contributed by atoms with van der Waals surface area (Å²) in [6.45, 7) is 10.8. The number of nitrogens with zero attached hydrogens (tertiary/aromatic N) is 1. The lowest BCUT2D eigenvalue weighted by atomic mass is 9.97. The van der Waals surface area contributed by atoms with E-state index in [1.54, 1.807) is 0 Å². The number of rotatable bonds is 11. The van der Waals surface area contributed by atoms with Crippen LogP contribution >= 0.6 is 0 Å². The van der Waals surface area contributed by atoms with Crippen LogP contribution in [-0.4, -0.2) is 62.0 Å². The molecule has 1 aliphatic heterocycles. The average molecular weight is 286 g/mol. The number of aliphatic hydroxyl groups excluding tert-OH is 1. The van der Waals surface area contributed by atoms with Gasteiger partial charge in [-0.2, -0.15) is 0 Å². The summed E-state index contributed by atoms with van der Waals surface area (Å²) in [5, 5.41) is 13.5. The minimum Gasteiger partial charge on any atom is -0.389 e. The molecule has 0 aromatic carbocycles. The van der Waals surface area contributed by atoms with E-state index in [1.807, 2.05) is 0 Å². The van der Waals surface area contributed by atoms with Gasteiger partial charge in [0.2, 0.25) is 0 Å². The molecule has 1 rings (SSSR count). The Morgan fingerprint density at radius 1 is 1.35 bits per heavy atom. The number of nitrogens with one attached hydrogen (secondary N) is 1. The van der Waals surface area contributed by atoms with Crippen LogP contribution in [0.5, 0.6) is 0 Å². The first-order chi connectivity index (χ1) is 9.76. The summed E-state index contributed by atoms with van der Waals surface area (Å²) in [5.41, 5.74) is 0. The van der Waals surface area contributed by atoms with Crippen LogP contribution in [0.15, 0.2) is 0 Å². The summed E-state index contributed by atoms with van der Waals surface area (Å²) >= 11 is 0. The molecule has 2 atom stereocenters. The van der Waals surface area contributed by atoms with Gasteiger partial charge in [0.1, 0.15) is 0 Å². The molecule has 0 bridgehead atoms. The van der Waals surface area contributed by atoms with Crippen molar-refractivity contribution >= 4 is 0 Å². The second-order valence-electron chi connectivity index (χ2n) is 6.05. The maximum absolute atomic E-state index is 10.0. The van der Waals surface area contributed by atoms with E-state index in [9.17, 15) is 5.11 Å². The normalized spacial score (nSPS) is 22.1. The fraction of sp³-hybridized carbons (Fsp3) is 1.00. The molecule has 4 nitrogen and oxygen atoms in total. The SMILES string of the molecule is CCCCOCC(O)CN1CCCC(CNCCC)C1. The van der Waals surface area contributed by atoms with Gasteiger partial charge >= 0.3 is 0 Å². The highest BCUT2D eigenvalue weighted by Gasteiger charge is 2.21. The maximum Gasteiger partial charge on any atom is 0.0900 e. The molecule has 2 N–H and O–H groups in total. The molecular weight excluding hydrogens is 252 g/mol. The van der Waals surface area contributed by atoms with Gasteiger partial charge in [0.05, 0.1) is 12.7 Å². The topological polar surface area (TPSA) is 44.7 Å². The van der Waals surface area contributed by atoms with Crippen LogP contribution in [0.2, 0.25) is 0 Å². The number of aliphatic hydroxyl groups is 1. The first-order valence-corrected chi connectivity index (χ1v) is 8.45. The van der Waals surface area contributed by atoms with E-state index >= 15 is 0 Å². The van der Waals surface area contributed by atoms with Crippen molar-refractivity contribution in [3.05, 3.63) is 0 Å². The molecule has 1 heterocycles. The average Bonchev–Trinajstić information content (AvgIpc) is 2.44. The summed E-state index contributed by atoms with van der Waals surface area (Å²) in [5.74, 6) is 0.739. The molecule has 120 valence electrons. The Balaban J connectivity index is 2.12. The highest BCUT2D eigenvalue weighted by atomic mass is 16.5. The van der Waals surface area contributed by atoms with Crippen molar-refractivity contribution in [2.75, 3.05) is 45.9 Å². The lowest BCUT2D eigenvalue weighted by Gasteiger charge is -2.34. The molecule has 0 aromatic rings. The zero-order valence-corrected chi connectivity index (χ0v) is 13.4. The van der Waals surface area contributed by atoms with Crippen LogP contribution in [0, 0.1) is 5.92 Å². The van der Waals surface area contributed by atoms with Crippen molar-refractivity contribution < 1.29 is 9.84 Å². The third-order valence-corrected chi connectivity index (χ3v) is 3.88. The molecule has 0 radical (unpaired) electrons. The zero-order valence-electron chi connectivity index (χ0n) is 13.4. The van der Waals surface area contributed by atoms with Crippen molar-refractivity contribution in [2.45, 2.75) is 52.1 Å². The molecule has 1 fully saturated rings. The van der Waals surface area contributed by atoms with Crippen LogP contribution in [0.25, 0.3) is 0 Å². The van der Waals surface area contributed by atoms with Gasteiger partial charge in [0.15, 0.2) is 0 Å². The fourth-order valence-corrected chi connectivity index (χ4v) is 2.78. The van der Waals surface area contributed by atoms with Crippen molar-refractivity contribution in [2.24, 2.45) is 5.92 Å². The number of β-amino-alcohol motifs (C(OH)–C–C–N with tert-alkyl or cyclic N) is 1. The molecule has 0 spiro atoms. The lowest BCUT2D eigenvalue weighted by Crippen LogP contribution is -2.43. The van der Waals surface area contributed by atoms with Gasteiger partial charge in [0.25, 0.3) is 0 Å². The number of hydrogen-bond donors (Lipinski definition) is 2. The van der Waals surface area contributed by atoms with E-state index in [2.05, 4.69) is 24.1 Å². The molecule has 0 aromatic heterocycles. The van der Waals surface area contributed by atoms with Crippen molar-refractivity contribution in [1.29, 1.82) is 0 Å². The highest BCUT2D eigenvalue weighted by Crippen LogP contribution is 2.16. The third kappa shape index (κ3) is 8.20. The Morgan fingerprint density at radius 3 is 2.95 bits per heavy atom. The smallest absolute Gasteiger partial charge is 0.0900 e. The van der Waals surface area contributed by atoms with Crippen LogP contribution < -0.4 is 5.32 Å². The molecule has 1 saturated heterocycles. The van der Waals surface area contributed by atoms with Crippen LogP contribution in [0.4, 0.5) is 0 Å². The Hall–Kier alpha value is -0.160. The quantitative estimate of drug-likeness (QED) is 0.569. The summed E-state index contributed by atoms with van der Waals surface area (Å²) in [6.07, 6.45) is 5.66. The van der Waals surface area contributed by atoms with E-state index in [1.165, 1.54) is 19.3 Å². The molecule has 20 heavy (non-hydrogen) atoms. The number of unbranched alkanes of at least 4 members (excludes halogenated alkanes) is 1. The van der Waals surface area contributed by atoms with E-state index in [-0.39, 0.29) is 6.10 Å². The second-order valence-corrected chi connectivity index (χ2v) is 6.05. The Kier molecular flexibility index (Phi) is 10.3. The molecule has 0 saturated carbocycles. The molecule has 0 aliphatic carbocycles. The van der Waals surface area contributed by atoms with Gasteiger partial charge in [-0.15, -0.1) is 0 Å². The van der Waals surface area contributed by atoms with Gasteiger partial charge < -0.3 is 20.1 Å². The van der Waals surface area contributed by atoms with Gasteiger partial charge in [0, 0.05) is 19.7 Å². The highest BCUT2D eigenvalue weighted by molar-refractivity contribution is 4.76. The van der Waals surface area contributed by atoms with E-state index in [0.29, 0.717) is 6.61 Å². The number of hydrogen-bond acceptors (Lipinski definition) is 4. The molecule has 4 heteroatoms. The van der Waals surface area contributed by atoms with Crippen molar-refractivity contribution in [3.63, 3.8) is 0 Å². The van der Waals surface area contributed by atoms with E-state index < -0.39 is 0 Å². The monoisotopic (exact) mass is 286 g/mol. The van der Waals surface area contributed by atoms with Crippen molar-refractivity contribution in [1.82, 2.24) is 10.2 Å². The first kappa shape index (κ1) is 17.9. The standard InChI is InChI=1S/C16H34N2O2/c1-3-5-10-20-14-16(19)13-18-9-6-7-15(12-18)11-17-8-4-2/h15-17,19H,3-14H2,1-2H3. The van der Waals surface area contributed by atoms with E-state index in [4.69, 9.17) is 4.74 Å². The Bertz CT molecular complexity index is 227. The van der Waals surface area contributed by atoms with Gasteiger partial charge in [-0.05, 0) is 51.2 Å². The van der Waals surface area contributed by atoms with Gasteiger partial charge in [-0.25, -0.2) is 0 Å². The maximum atomic E-state index is 10.0. The van der Waals surface area contributed by atoms with Crippen molar-refractivity contribution in [3.8, 4) is 0 Å². The largest absolute Gasteiger partial charge is 0.389 e. The molecule has 0 amide bonds.